The molecule has 104 valence electrons. The number of aliphatic hydroxyl groups is 1. The largest absolute Gasteiger partial charge is 0.396 e. The van der Waals surface area contributed by atoms with E-state index >= 15 is 0 Å². The van der Waals surface area contributed by atoms with Gasteiger partial charge in [0.2, 0.25) is 0 Å². The first-order chi connectivity index (χ1) is 9.13. The smallest absolute Gasteiger partial charge is 0.254 e. The van der Waals surface area contributed by atoms with Crippen molar-refractivity contribution < 1.29 is 9.90 Å². The van der Waals surface area contributed by atoms with E-state index < -0.39 is 0 Å². The molecule has 0 aliphatic carbocycles. The van der Waals surface area contributed by atoms with Crippen LogP contribution in [0.2, 0.25) is 0 Å². The molecular weight excluding hydrogens is 242 g/mol. The van der Waals surface area contributed by atoms with Gasteiger partial charge in [-0.2, -0.15) is 0 Å². The van der Waals surface area contributed by atoms with Gasteiger partial charge < -0.3 is 15.7 Å². The summed E-state index contributed by atoms with van der Waals surface area (Å²) in [6.45, 7) is 3.50. The number of nitrogens with two attached hydrogens (primary N) is 1. The molecule has 2 rings (SSSR count). The molecule has 1 unspecified atom stereocenters. The molecule has 3 N–H and O–H groups in total. The van der Waals surface area contributed by atoms with Gasteiger partial charge in [0.25, 0.3) is 5.91 Å². The van der Waals surface area contributed by atoms with Crippen molar-refractivity contribution in [2.75, 3.05) is 25.4 Å². The van der Waals surface area contributed by atoms with Crippen LogP contribution in [0.25, 0.3) is 0 Å². The predicted octanol–water partition coefficient (Wildman–Crippen LogP) is 1.07. The maximum atomic E-state index is 12.4. The van der Waals surface area contributed by atoms with E-state index in [0.29, 0.717) is 17.9 Å². The summed E-state index contributed by atoms with van der Waals surface area (Å²) < 4.78 is 0. The number of amides is 1. The van der Waals surface area contributed by atoms with Crippen LogP contribution in [0.3, 0.4) is 0 Å². The molecule has 1 aromatic heterocycles. The van der Waals surface area contributed by atoms with E-state index in [9.17, 15) is 9.90 Å². The highest BCUT2D eigenvalue weighted by Crippen LogP contribution is 2.19. The molecule has 1 aromatic rings. The van der Waals surface area contributed by atoms with Crippen molar-refractivity contribution in [2.45, 2.75) is 26.2 Å². The number of aryl methyl sites for hydroxylation is 1. The predicted molar refractivity (Wildman–Crippen MR) is 73.7 cm³/mol. The number of anilines is 1. The Kier molecular flexibility index (Phi) is 4.37. The van der Waals surface area contributed by atoms with Gasteiger partial charge in [-0.3, -0.25) is 4.79 Å². The lowest BCUT2D eigenvalue weighted by Gasteiger charge is -2.32. The van der Waals surface area contributed by atoms with Crippen LogP contribution in [0.5, 0.6) is 0 Å². The average Bonchev–Trinajstić information content (AvgIpc) is 2.45. The molecule has 1 saturated heterocycles. The fourth-order valence-corrected chi connectivity index (χ4v) is 2.50. The molecule has 0 bridgehead atoms. The average molecular weight is 263 g/mol. The summed E-state index contributed by atoms with van der Waals surface area (Å²) in [5.41, 5.74) is 7.17. The molecule has 0 spiro atoms. The van der Waals surface area contributed by atoms with Crippen molar-refractivity contribution in [3.63, 3.8) is 0 Å². The molecule has 0 radical (unpaired) electrons. The van der Waals surface area contributed by atoms with Gasteiger partial charge in [0.1, 0.15) is 5.82 Å². The number of aromatic nitrogens is 1. The van der Waals surface area contributed by atoms with Crippen LogP contribution in [-0.2, 0) is 6.42 Å². The van der Waals surface area contributed by atoms with Crippen LogP contribution in [0, 0.1) is 5.92 Å². The minimum atomic E-state index is -0.0121. The summed E-state index contributed by atoms with van der Waals surface area (Å²) in [5.74, 6) is 0.572. The van der Waals surface area contributed by atoms with Gasteiger partial charge in [-0.1, -0.05) is 6.92 Å². The first-order valence-electron chi connectivity index (χ1n) is 6.80. The lowest BCUT2D eigenvalue weighted by molar-refractivity contribution is 0.0620. The van der Waals surface area contributed by atoms with Gasteiger partial charge in [0.05, 0.1) is 0 Å². The topological polar surface area (TPSA) is 79.5 Å². The minimum absolute atomic E-state index is 0.0121. The quantitative estimate of drug-likeness (QED) is 0.855. The highest BCUT2D eigenvalue weighted by atomic mass is 16.3. The van der Waals surface area contributed by atoms with Crippen molar-refractivity contribution in [3.8, 4) is 0 Å². The maximum absolute atomic E-state index is 12.4. The van der Waals surface area contributed by atoms with Gasteiger partial charge in [0, 0.05) is 31.0 Å². The van der Waals surface area contributed by atoms with E-state index in [1.54, 1.807) is 17.0 Å². The third-order valence-corrected chi connectivity index (χ3v) is 3.57. The summed E-state index contributed by atoms with van der Waals surface area (Å²) in [6, 6.07) is 3.44. The first-order valence-corrected chi connectivity index (χ1v) is 6.80. The Morgan fingerprint density at radius 2 is 2.37 bits per heavy atom. The number of rotatable bonds is 3. The summed E-state index contributed by atoms with van der Waals surface area (Å²) in [5, 5.41) is 9.22. The molecule has 1 aliphatic rings. The number of carbonyl (C=O) groups is 1. The molecule has 19 heavy (non-hydrogen) atoms. The van der Waals surface area contributed by atoms with Crippen molar-refractivity contribution in [3.05, 3.63) is 23.4 Å². The van der Waals surface area contributed by atoms with Crippen molar-refractivity contribution >= 4 is 11.7 Å². The van der Waals surface area contributed by atoms with Crippen LogP contribution < -0.4 is 5.73 Å². The summed E-state index contributed by atoms with van der Waals surface area (Å²) in [7, 11) is 0. The zero-order valence-electron chi connectivity index (χ0n) is 11.3. The minimum Gasteiger partial charge on any atom is -0.396 e. The standard InChI is InChI=1S/C14H21N3O2/c1-2-12-6-11(7-13(15)16-12)14(19)17-5-3-4-10(8-17)9-18/h6-7,10,18H,2-5,8-9H2,1H3,(H2,15,16). The van der Waals surface area contributed by atoms with Gasteiger partial charge in [-0.15, -0.1) is 0 Å². The molecule has 5 heteroatoms. The molecule has 1 atom stereocenters. The fourth-order valence-electron chi connectivity index (χ4n) is 2.50. The van der Waals surface area contributed by atoms with Gasteiger partial charge >= 0.3 is 0 Å². The van der Waals surface area contributed by atoms with Gasteiger partial charge in [-0.05, 0) is 37.3 Å². The Hall–Kier alpha value is -1.62. The third-order valence-electron chi connectivity index (χ3n) is 3.57. The van der Waals surface area contributed by atoms with Crippen LogP contribution in [0.1, 0.15) is 35.8 Å². The maximum Gasteiger partial charge on any atom is 0.254 e. The number of likely N-dealkylation sites (tertiary alicyclic amines) is 1. The Labute approximate surface area is 113 Å². The summed E-state index contributed by atoms with van der Waals surface area (Å²) in [4.78, 5) is 18.4. The van der Waals surface area contributed by atoms with Crippen LogP contribution in [0.4, 0.5) is 5.82 Å². The molecule has 1 aliphatic heterocycles. The third kappa shape index (κ3) is 3.23. The number of aliphatic hydroxyl groups excluding tert-OH is 1. The van der Waals surface area contributed by atoms with Gasteiger partial charge in [0.15, 0.2) is 0 Å². The highest BCUT2D eigenvalue weighted by Gasteiger charge is 2.24. The Morgan fingerprint density at radius 1 is 1.58 bits per heavy atom. The Bertz CT molecular complexity index is 462. The molecule has 1 fully saturated rings. The van der Waals surface area contributed by atoms with Crippen molar-refractivity contribution in [2.24, 2.45) is 5.92 Å². The number of pyridine rings is 1. The number of nitrogen functional groups attached to an aromatic ring is 1. The number of piperidine rings is 1. The monoisotopic (exact) mass is 263 g/mol. The second-order valence-electron chi connectivity index (χ2n) is 5.07. The lowest BCUT2D eigenvalue weighted by atomic mass is 9.98. The fraction of sp³-hybridized carbons (Fsp3) is 0.571. The van der Waals surface area contributed by atoms with Crippen LogP contribution in [0.15, 0.2) is 12.1 Å². The zero-order chi connectivity index (χ0) is 13.8. The number of carbonyl (C=O) groups excluding carboxylic acids is 1. The number of hydrogen-bond acceptors (Lipinski definition) is 4. The highest BCUT2D eigenvalue weighted by molar-refractivity contribution is 5.95. The van der Waals surface area contributed by atoms with E-state index in [1.165, 1.54) is 0 Å². The number of nitrogens with zero attached hydrogens (tertiary/aromatic N) is 2. The zero-order valence-corrected chi connectivity index (χ0v) is 11.3. The molecule has 0 aromatic carbocycles. The number of hydrogen-bond donors (Lipinski definition) is 2. The normalized spacial score (nSPS) is 19.5. The van der Waals surface area contributed by atoms with E-state index in [0.717, 1.165) is 31.5 Å². The molecule has 1 amide bonds. The van der Waals surface area contributed by atoms with Crippen molar-refractivity contribution in [1.82, 2.24) is 9.88 Å². The molecule has 2 heterocycles. The Balaban J connectivity index is 2.16. The second-order valence-corrected chi connectivity index (χ2v) is 5.07. The van der Waals surface area contributed by atoms with E-state index in [-0.39, 0.29) is 18.4 Å². The van der Waals surface area contributed by atoms with E-state index in [4.69, 9.17) is 5.73 Å². The van der Waals surface area contributed by atoms with Gasteiger partial charge in [-0.25, -0.2) is 4.98 Å². The molecular formula is C14H21N3O2. The molecule has 0 saturated carbocycles. The van der Waals surface area contributed by atoms with Crippen LogP contribution >= 0.6 is 0 Å². The second kappa shape index (κ2) is 6.02. The van der Waals surface area contributed by atoms with E-state index in [1.807, 2.05) is 6.92 Å². The first kappa shape index (κ1) is 13.8. The summed E-state index contributed by atoms with van der Waals surface area (Å²) >= 11 is 0. The van der Waals surface area contributed by atoms with E-state index in [2.05, 4.69) is 4.98 Å². The Morgan fingerprint density at radius 3 is 3.05 bits per heavy atom. The van der Waals surface area contributed by atoms with Crippen LogP contribution in [-0.4, -0.2) is 40.6 Å². The van der Waals surface area contributed by atoms with Crippen molar-refractivity contribution in [1.29, 1.82) is 0 Å². The summed E-state index contributed by atoms with van der Waals surface area (Å²) in [6.07, 6.45) is 2.68. The SMILES string of the molecule is CCc1cc(C(=O)N2CCCC(CO)C2)cc(N)n1. The lowest BCUT2D eigenvalue weighted by Crippen LogP contribution is -2.41. The molecule has 5 nitrogen and oxygen atoms in total.